The number of benzene rings is 2. The normalized spacial score (nSPS) is 11.0. The van der Waals surface area contributed by atoms with Crippen molar-refractivity contribution in [2.75, 3.05) is 5.73 Å². The van der Waals surface area contributed by atoms with Crippen LogP contribution in [0.15, 0.2) is 59.1 Å². The molecule has 0 aliphatic carbocycles. The molecule has 0 saturated heterocycles. The number of nitrogen functional groups attached to an aromatic ring is 1. The molecule has 0 spiro atoms. The number of aromatic nitrogens is 1. The molecule has 1 heterocycles. The van der Waals surface area contributed by atoms with Gasteiger partial charge in [0.25, 0.3) is 0 Å². The van der Waals surface area contributed by atoms with Gasteiger partial charge in [-0.15, -0.1) is 0 Å². The van der Waals surface area contributed by atoms with Gasteiger partial charge in [-0.25, -0.2) is 0 Å². The Hall–Kier alpha value is -2.55. The third-order valence-electron chi connectivity index (χ3n) is 3.58. The van der Waals surface area contributed by atoms with Crippen LogP contribution in [0.1, 0.15) is 25.3 Å². The topological polar surface area (TPSA) is 52.0 Å². The first-order valence-electron chi connectivity index (χ1n) is 7.07. The van der Waals surface area contributed by atoms with Crippen LogP contribution in [0.4, 0.5) is 5.88 Å². The monoisotopic (exact) mass is 278 g/mol. The van der Waals surface area contributed by atoms with Crippen molar-refractivity contribution in [1.29, 1.82) is 0 Å². The molecule has 0 saturated carbocycles. The second kappa shape index (κ2) is 5.44. The molecule has 0 unspecified atom stereocenters. The molecule has 3 heteroatoms. The number of nitrogens with zero attached hydrogens (tertiary/aromatic N) is 1. The lowest BCUT2D eigenvalue weighted by molar-refractivity contribution is 0.439. The van der Waals surface area contributed by atoms with E-state index in [1.807, 2.05) is 6.07 Å². The van der Waals surface area contributed by atoms with Crippen LogP contribution in [0.25, 0.3) is 22.4 Å². The average molecular weight is 278 g/mol. The first kappa shape index (κ1) is 13.4. The summed E-state index contributed by atoms with van der Waals surface area (Å²) in [4.78, 5) is 0. The van der Waals surface area contributed by atoms with Crippen molar-refractivity contribution in [3.05, 3.63) is 60.2 Å². The minimum atomic E-state index is 0.333. The largest absolute Gasteiger partial charge is 0.368 e. The zero-order chi connectivity index (χ0) is 14.8. The molecule has 0 radical (unpaired) electrons. The molecule has 2 aromatic carbocycles. The fourth-order valence-corrected chi connectivity index (χ4v) is 2.51. The highest BCUT2D eigenvalue weighted by Crippen LogP contribution is 2.33. The Balaban J connectivity index is 2.15. The number of hydrogen-bond acceptors (Lipinski definition) is 3. The van der Waals surface area contributed by atoms with Gasteiger partial charge in [0.05, 0.1) is 0 Å². The lowest BCUT2D eigenvalue weighted by Gasteiger charge is -2.14. The molecule has 1 aromatic heterocycles. The van der Waals surface area contributed by atoms with Crippen molar-refractivity contribution in [2.45, 2.75) is 19.8 Å². The van der Waals surface area contributed by atoms with Crippen molar-refractivity contribution >= 4 is 5.88 Å². The fourth-order valence-electron chi connectivity index (χ4n) is 2.51. The van der Waals surface area contributed by atoms with Crippen molar-refractivity contribution in [2.24, 2.45) is 0 Å². The molecule has 3 rings (SSSR count). The van der Waals surface area contributed by atoms with Crippen LogP contribution in [-0.2, 0) is 0 Å². The molecule has 106 valence electrons. The van der Waals surface area contributed by atoms with Crippen molar-refractivity contribution in [1.82, 2.24) is 5.16 Å². The Morgan fingerprint density at radius 2 is 1.71 bits per heavy atom. The Kier molecular flexibility index (Phi) is 3.48. The van der Waals surface area contributed by atoms with Crippen molar-refractivity contribution in [3.8, 4) is 22.4 Å². The lowest BCUT2D eigenvalue weighted by atomic mass is 9.90. The highest BCUT2D eigenvalue weighted by atomic mass is 16.5. The van der Waals surface area contributed by atoms with Gasteiger partial charge in [-0.1, -0.05) is 61.5 Å². The molecule has 0 fully saturated rings. The van der Waals surface area contributed by atoms with Crippen LogP contribution >= 0.6 is 0 Å². The third kappa shape index (κ3) is 2.68. The van der Waals surface area contributed by atoms with E-state index in [9.17, 15) is 0 Å². The van der Waals surface area contributed by atoms with Gasteiger partial charge in [-0.2, -0.15) is 0 Å². The summed E-state index contributed by atoms with van der Waals surface area (Å²) >= 11 is 0. The molecule has 2 N–H and O–H groups in total. The smallest absolute Gasteiger partial charge is 0.222 e. The lowest BCUT2D eigenvalue weighted by Crippen LogP contribution is -1.93. The SMILES string of the molecule is CC(C)c1ccc(-c2cc(N)on2)cc1-c1ccccc1. The molecule has 0 atom stereocenters. The van der Waals surface area contributed by atoms with Crippen LogP contribution in [-0.4, -0.2) is 5.16 Å². The minimum absolute atomic E-state index is 0.333. The zero-order valence-electron chi connectivity index (χ0n) is 12.2. The van der Waals surface area contributed by atoms with Gasteiger partial charge in [-0.05, 0) is 28.7 Å². The highest BCUT2D eigenvalue weighted by molar-refractivity contribution is 5.75. The summed E-state index contributed by atoms with van der Waals surface area (Å²) in [5.74, 6) is 0.788. The van der Waals surface area contributed by atoms with Crippen LogP contribution in [0.2, 0.25) is 0 Å². The summed E-state index contributed by atoms with van der Waals surface area (Å²) in [7, 11) is 0. The van der Waals surface area contributed by atoms with Crippen LogP contribution in [0.3, 0.4) is 0 Å². The maximum atomic E-state index is 5.61. The van der Waals surface area contributed by atoms with Gasteiger partial charge < -0.3 is 10.3 Å². The quantitative estimate of drug-likeness (QED) is 0.754. The Labute approximate surface area is 124 Å². The molecule has 21 heavy (non-hydrogen) atoms. The molecule has 3 nitrogen and oxygen atoms in total. The molecule has 0 aliphatic heterocycles. The van der Waals surface area contributed by atoms with E-state index in [1.165, 1.54) is 16.7 Å². The van der Waals surface area contributed by atoms with Crippen molar-refractivity contribution in [3.63, 3.8) is 0 Å². The average Bonchev–Trinajstić information content (AvgIpc) is 2.94. The summed E-state index contributed by atoms with van der Waals surface area (Å²) in [6, 6.07) is 18.5. The second-order valence-corrected chi connectivity index (χ2v) is 5.44. The first-order chi connectivity index (χ1) is 10.1. The highest BCUT2D eigenvalue weighted by Gasteiger charge is 2.12. The van der Waals surface area contributed by atoms with Gasteiger partial charge in [0.2, 0.25) is 5.88 Å². The van der Waals surface area contributed by atoms with Crippen LogP contribution < -0.4 is 5.73 Å². The zero-order valence-corrected chi connectivity index (χ0v) is 12.2. The van der Waals surface area contributed by atoms with Gasteiger partial charge in [-0.3, -0.25) is 0 Å². The maximum absolute atomic E-state index is 5.61. The molecule has 0 aliphatic rings. The number of hydrogen-bond donors (Lipinski definition) is 1. The number of rotatable bonds is 3. The van der Waals surface area contributed by atoms with E-state index < -0.39 is 0 Å². The molecule has 0 bridgehead atoms. The van der Waals surface area contributed by atoms with E-state index in [0.29, 0.717) is 11.8 Å². The van der Waals surface area contributed by atoms with Gasteiger partial charge >= 0.3 is 0 Å². The van der Waals surface area contributed by atoms with E-state index in [0.717, 1.165) is 11.3 Å². The maximum Gasteiger partial charge on any atom is 0.222 e. The third-order valence-corrected chi connectivity index (χ3v) is 3.58. The molecular weight excluding hydrogens is 260 g/mol. The second-order valence-electron chi connectivity index (χ2n) is 5.44. The fraction of sp³-hybridized carbons (Fsp3) is 0.167. The predicted molar refractivity (Wildman–Crippen MR) is 85.9 cm³/mol. The van der Waals surface area contributed by atoms with E-state index in [2.05, 4.69) is 61.5 Å². The summed E-state index contributed by atoms with van der Waals surface area (Å²) in [6.07, 6.45) is 0. The van der Waals surface area contributed by atoms with Crippen molar-refractivity contribution < 1.29 is 4.52 Å². The number of anilines is 1. The van der Waals surface area contributed by atoms with E-state index in [1.54, 1.807) is 6.07 Å². The van der Waals surface area contributed by atoms with E-state index >= 15 is 0 Å². The Morgan fingerprint density at radius 1 is 0.952 bits per heavy atom. The molecule has 3 aromatic rings. The first-order valence-corrected chi connectivity index (χ1v) is 7.07. The molecular formula is C18H18N2O. The standard InChI is InChI=1S/C18H18N2O/c1-12(2)15-9-8-14(17-11-18(19)21-20-17)10-16(15)13-6-4-3-5-7-13/h3-12H,19H2,1-2H3. The minimum Gasteiger partial charge on any atom is -0.368 e. The van der Waals surface area contributed by atoms with Gasteiger partial charge in [0, 0.05) is 11.6 Å². The Bertz CT molecular complexity index is 745. The van der Waals surface area contributed by atoms with Gasteiger partial charge in [0.15, 0.2) is 0 Å². The van der Waals surface area contributed by atoms with Gasteiger partial charge in [0.1, 0.15) is 5.69 Å². The van der Waals surface area contributed by atoms with Crippen LogP contribution in [0.5, 0.6) is 0 Å². The Morgan fingerprint density at radius 3 is 2.33 bits per heavy atom. The van der Waals surface area contributed by atoms with E-state index in [4.69, 9.17) is 10.3 Å². The summed E-state index contributed by atoms with van der Waals surface area (Å²) in [5.41, 5.74) is 11.1. The summed E-state index contributed by atoms with van der Waals surface area (Å²) in [6.45, 7) is 4.41. The van der Waals surface area contributed by atoms with E-state index in [-0.39, 0.29) is 0 Å². The number of nitrogens with two attached hydrogens (primary N) is 1. The predicted octanol–water partition coefficient (Wildman–Crippen LogP) is 4.71. The summed E-state index contributed by atoms with van der Waals surface area (Å²) in [5, 5.41) is 4.00. The van der Waals surface area contributed by atoms with Crippen LogP contribution in [0, 0.1) is 0 Å². The summed E-state index contributed by atoms with van der Waals surface area (Å²) < 4.78 is 4.97. The molecule has 0 amide bonds.